The number of allylic oxidation sites excluding steroid dienone is 2. The predicted octanol–water partition coefficient (Wildman–Crippen LogP) is 4.35. The summed E-state index contributed by atoms with van der Waals surface area (Å²) in [5.74, 6) is -0.354. The largest absolute Gasteiger partial charge is 0.274 e. The molecule has 6 heteroatoms. The van der Waals surface area contributed by atoms with Crippen molar-refractivity contribution in [1.29, 1.82) is 0 Å². The van der Waals surface area contributed by atoms with E-state index in [9.17, 15) is 9.59 Å². The Morgan fingerprint density at radius 1 is 1.14 bits per heavy atom. The fraction of sp³-hybridized carbons (Fsp3) is 0.375. The van der Waals surface area contributed by atoms with Gasteiger partial charge in [0.05, 0.1) is 32.1 Å². The number of hydrogen-bond acceptors (Lipinski definition) is 2. The second kappa shape index (κ2) is 4.50. The van der Waals surface area contributed by atoms with Crippen LogP contribution in [0.3, 0.4) is 0 Å². The molecule has 2 aliphatic carbocycles. The van der Waals surface area contributed by atoms with Crippen LogP contribution < -0.4 is 4.90 Å². The highest BCUT2D eigenvalue weighted by atomic mass is 35.5. The second-order valence-corrected chi connectivity index (χ2v) is 7.55. The summed E-state index contributed by atoms with van der Waals surface area (Å²) in [6.45, 7) is 1.89. The number of anilines is 1. The van der Waals surface area contributed by atoms with Crippen LogP contribution in [-0.2, 0) is 9.59 Å². The van der Waals surface area contributed by atoms with Gasteiger partial charge in [0.15, 0.2) is 0 Å². The molecule has 1 aliphatic heterocycles. The van der Waals surface area contributed by atoms with Crippen molar-refractivity contribution in [2.24, 2.45) is 23.2 Å². The van der Waals surface area contributed by atoms with Gasteiger partial charge in [-0.25, -0.2) is 4.90 Å². The van der Waals surface area contributed by atoms with E-state index in [1.165, 1.54) is 17.0 Å². The molecule has 1 saturated carbocycles. The third-order valence-corrected chi connectivity index (χ3v) is 6.54. The predicted molar refractivity (Wildman–Crippen MR) is 86.3 cm³/mol. The Hall–Kier alpha value is -1.03. The minimum atomic E-state index is -0.658. The molecule has 1 saturated heterocycles. The molecule has 4 atom stereocenters. The first-order chi connectivity index (χ1) is 10.4. The van der Waals surface area contributed by atoms with Crippen LogP contribution >= 0.6 is 34.8 Å². The number of nitrogens with zero attached hydrogens (tertiary/aromatic N) is 1. The van der Waals surface area contributed by atoms with Crippen LogP contribution in [0.1, 0.15) is 13.3 Å². The molecule has 0 aromatic heterocycles. The summed E-state index contributed by atoms with van der Waals surface area (Å²) in [5.41, 5.74) is -0.265. The first-order valence-electron chi connectivity index (χ1n) is 7.07. The van der Waals surface area contributed by atoms with Gasteiger partial charge in [0.1, 0.15) is 0 Å². The van der Waals surface area contributed by atoms with Crippen molar-refractivity contribution < 1.29 is 9.59 Å². The van der Waals surface area contributed by atoms with Crippen molar-refractivity contribution in [2.75, 3.05) is 4.90 Å². The van der Waals surface area contributed by atoms with E-state index in [1.54, 1.807) is 0 Å². The fourth-order valence-electron chi connectivity index (χ4n) is 4.22. The number of fused-ring (bicyclic) bond motifs is 5. The summed E-state index contributed by atoms with van der Waals surface area (Å²) in [4.78, 5) is 27.0. The normalized spacial score (nSPS) is 35.6. The van der Waals surface area contributed by atoms with E-state index in [0.29, 0.717) is 5.69 Å². The second-order valence-electron chi connectivity index (χ2n) is 6.35. The third-order valence-electron chi connectivity index (χ3n) is 5.34. The van der Waals surface area contributed by atoms with Crippen LogP contribution in [0.25, 0.3) is 0 Å². The first-order valence-corrected chi connectivity index (χ1v) is 8.20. The highest BCUT2D eigenvalue weighted by Gasteiger charge is 2.67. The molecule has 0 N–H and O–H groups in total. The van der Waals surface area contributed by atoms with Crippen molar-refractivity contribution in [3.63, 3.8) is 0 Å². The number of imide groups is 1. The molecular formula is C16H12Cl3NO2. The van der Waals surface area contributed by atoms with Gasteiger partial charge < -0.3 is 0 Å². The number of carbonyl (C=O) groups excluding carboxylic acids is 2. The molecule has 1 aromatic rings. The van der Waals surface area contributed by atoms with Gasteiger partial charge in [0.25, 0.3) is 0 Å². The summed E-state index contributed by atoms with van der Waals surface area (Å²) >= 11 is 18.0. The zero-order chi connectivity index (χ0) is 15.8. The summed E-state index contributed by atoms with van der Waals surface area (Å²) < 4.78 is 0. The van der Waals surface area contributed by atoms with Gasteiger partial charge in [-0.15, -0.1) is 0 Å². The van der Waals surface area contributed by atoms with Crippen LogP contribution in [0, 0.1) is 23.2 Å². The molecule has 3 nitrogen and oxygen atoms in total. The molecule has 3 aliphatic rings. The summed E-state index contributed by atoms with van der Waals surface area (Å²) in [6, 6.07) is 3.04. The molecule has 0 spiro atoms. The van der Waals surface area contributed by atoms with E-state index in [4.69, 9.17) is 34.8 Å². The molecule has 1 aromatic carbocycles. The molecule has 114 valence electrons. The molecule has 4 rings (SSSR count). The highest BCUT2D eigenvalue weighted by molar-refractivity contribution is 6.48. The SMILES string of the molecule is C[C@]12C(=O)N(c3cc(Cl)c(Cl)c(Cl)c3)C(=O)[C@@H]1[C@H]1C=C[C@H]2C1. The van der Waals surface area contributed by atoms with E-state index in [1.807, 2.05) is 6.92 Å². The highest BCUT2D eigenvalue weighted by Crippen LogP contribution is 2.61. The van der Waals surface area contributed by atoms with Gasteiger partial charge >= 0.3 is 0 Å². The number of hydrogen-bond donors (Lipinski definition) is 0. The number of halogens is 3. The Labute approximate surface area is 142 Å². The van der Waals surface area contributed by atoms with Crippen molar-refractivity contribution in [3.8, 4) is 0 Å². The average Bonchev–Trinajstić information content (AvgIpc) is 3.09. The zero-order valence-corrected chi connectivity index (χ0v) is 13.9. The zero-order valence-electron chi connectivity index (χ0n) is 11.6. The number of benzene rings is 1. The van der Waals surface area contributed by atoms with Gasteiger partial charge in [0, 0.05) is 0 Å². The topological polar surface area (TPSA) is 37.4 Å². The lowest BCUT2D eigenvalue weighted by atomic mass is 9.71. The molecule has 0 radical (unpaired) electrons. The molecule has 22 heavy (non-hydrogen) atoms. The molecule has 2 fully saturated rings. The Morgan fingerprint density at radius 3 is 2.36 bits per heavy atom. The lowest BCUT2D eigenvalue weighted by Crippen LogP contribution is -2.37. The third kappa shape index (κ3) is 1.60. The van der Waals surface area contributed by atoms with E-state index in [2.05, 4.69) is 12.2 Å². The molecule has 2 bridgehead atoms. The smallest absolute Gasteiger partial charge is 0.241 e. The van der Waals surface area contributed by atoms with Gasteiger partial charge in [-0.3, -0.25) is 9.59 Å². The molecule has 0 unspecified atom stereocenters. The van der Waals surface area contributed by atoms with E-state index in [0.717, 1.165) is 6.42 Å². The van der Waals surface area contributed by atoms with Crippen LogP contribution in [0.15, 0.2) is 24.3 Å². The van der Waals surface area contributed by atoms with Crippen molar-refractivity contribution >= 4 is 52.3 Å². The van der Waals surface area contributed by atoms with Crippen molar-refractivity contribution in [2.45, 2.75) is 13.3 Å². The fourth-order valence-corrected chi connectivity index (χ4v) is 4.81. The van der Waals surface area contributed by atoms with Gasteiger partial charge in [-0.05, 0) is 37.3 Å². The maximum absolute atomic E-state index is 13.0. The molecular weight excluding hydrogens is 345 g/mol. The number of rotatable bonds is 1. The van der Waals surface area contributed by atoms with Crippen LogP contribution in [0.2, 0.25) is 15.1 Å². The van der Waals surface area contributed by atoms with Crippen LogP contribution in [0.5, 0.6) is 0 Å². The van der Waals surface area contributed by atoms with Crippen LogP contribution in [0.4, 0.5) is 5.69 Å². The maximum Gasteiger partial charge on any atom is 0.241 e. The minimum absolute atomic E-state index is 0.127. The van der Waals surface area contributed by atoms with Crippen molar-refractivity contribution in [3.05, 3.63) is 39.4 Å². The van der Waals surface area contributed by atoms with E-state index in [-0.39, 0.29) is 44.6 Å². The summed E-state index contributed by atoms with van der Waals surface area (Å²) in [7, 11) is 0. The summed E-state index contributed by atoms with van der Waals surface area (Å²) in [6.07, 6.45) is 5.01. The lowest BCUT2D eigenvalue weighted by molar-refractivity contribution is -0.127. The molecule has 2 amide bonds. The number of carbonyl (C=O) groups is 2. The van der Waals surface area contributed by atoms with Crippen LogP contribution in [-0.4, -0.2) is 11.8 Å². The Bertz CT molecular complexity index is 737. The monoisotopic (exact) mass is 355 g/mol. The summed E-state index contributed by atoms with van der Waals surface area (Å²) in [5, 5.41) is 0.681. The Balaban J connectivity index is 1.83. The first kappa shape index (κ1) is 14.6. The van der Waals surface area contributed by atoms with E-state index >= 15 is 0 Å². The Morgan fingerprint density at radius 2 is 1.77 bits per heavy atom. The van der Waals surface area contributed by atoms with Gasteiger partial charge in [0.2, 0.25) is 11.8 Å². The van der Waals surface area contributed by atoms with Crippen molar-refractivity contribution in [1.82, 2.24) is 0 Å². The number of amides is 2. The van der Waals surface area contributed by atoms with Gasteiger partial charge in [-0.1, -0.05) is 47.0 Å². The van der Waals surface area contributed by atoms with Gasteiger partial charge in [-0.2, -0.15) is 0 Å². The Kier molecular flexibility index (Phi) is 2.98. The molecule has 1 heterocycles. The standard InChI is InChI=1S/C16H12Cl3NO2/c1-16-8-3-2-7(4-8)12(16)14(21)20(15(16)22)9-5-10(17)13(19)11(18)6-9/h2-3,5-8,12H,4H2,1H3/t7-,8-,12-,16+/m0/s1. The van der Waals surface area contributed by atoms with E-state index < -0.39 is 5.41 Å². The lowest BCUT2D eigenvalue weighted by Gasteiger charge is -2.28. The quantitative estimate of drug-likeness (QED) is 0.426. The maximum atomic E-state index is 13.0. The minimum Gasteiger partial charge on any atom is -0.274 e. The average molecular weight is 357 g/mol.